The van der Waals surface area contributed by atoms with Crippen molar-refractivity contribution in [3.8, 4) is 0 Å². The van der Waals surface area contributed by atoms with Crippen LogP contribution in [0.3, 0.4) is 0 Å². The predicted octanol–water partition coefficient (Wildman–Crippen LogP) is 3.06. The third kappa shape index (κ3) is 6.07. The van der Waals surface area contributed by atoms with Crippen LogP contribution in [0, 0.1) is 0 Å². The van der Waals surface area contributed by atoms with Gasteiger partial charge < -0.3 is 20.1 Å². The first-order valence-electron chi connectivity index (χ1n) is 7.26. The van der Waals surface area contributed by atoms with Crippen LogP contribution in [0.4, 0.5) is 23.7 Å². The molecule has 0 aliphatic carbocycles. The highest BCUT2D eigenvalue weighted by Crippen LogP contribution is 2.17. The summed E-state index contributed by atoms with van der Waals surface area (Å²) in [6.07, 6.45) is -3.64. The number of benzene rings is 1. The molecule has 2 atom stereocenters. The van der Waals surface area contributed by atoms with Crippen LogP contribution in [0.25, 0.3) is 0 Å². The highest BCUT2D eigenvalue weighted by molar-refractivity contribution is 5.89. The number of carbonyl (C=O) groups excluding carboxylic acids is 1. The summed E-state index contributed by atoms with van der Waals surface area (Å²) in [5.74, 6) is 0. The molecule has 1 aliphatic heterocycles. The zero-order valence-electron chi connectivity index (χ0n) is 12.7. The van der Waals surface area contributed by atoms with Crippen LogP contribution < -0.4 is 10.6 Å². The van der Waals surface area contributed by atoms with E-state index in [0.29, 0.717) is 17.9 Å². The molecule has 2 N–H and O–H groups in total. The van der Waals surface area contributed by atoms with E-state index in [1.165, 1.54) is 0 Å². The van der Waals surface area contributed by atoms with Crippen molar-refractivity contribution >= 4 is 11.7 Å². The lowest BCUT2D eigenvalue weighted by atomic mass is 10.1. The van der Waals surface area contributed by atoms with Crippen LogP contribution in [-0.4, -0.2) is 37.6 Å². The lowest BCUT2D eigenvalue weighted by Gasteiger charge is -2.16. The second-order valence-electron chi connectivity index (χ2n) is 5.38. The number of hydrogen-bond donors (Lipinski definition) is 2. The molecule has 1 heterocycles. The molecule has 1 aromatic carbocycles. The molecular weight excluding hydrogens is 313 g/mol. The Balaban J connectivity index is 1.83. The number of urea groups is 1. The standard InChI is InChI=1S/C15H19F3N2O3/c1-10-13(5-6-23-10)20-14(21)19-12-4-2-3-11(7-12)8-22-9-15(16,17)18/h2-4,7,10,13H,5-6,8-9H2,1H3,(H2,19,20,21)/t10-,13-/m0/s1. The van der Waals surface area contributed by atoms with Gasteiger partial charge in [-0.2, -0.15) is 13.2 Å². The number of alkyl halides is 3. The number of rotatable bonds is 5. The van der Waals surface area contributed by atoms with E-state index in [0.717, 1.165) is 6.42 Å². The Morgan fingerprint density at radius 3 is 2.87 bits per heavy atom. The van der Waals surface area contributed by atoms with E-state index in [9.17, 15) is 18.0 Å². The average molecular weight is 332 g/mol. The molecule has 2 rings (SSSR count). The molecule has 1 saturated heterocycles. The van der Waals surface area contributed by atoms with E-state index in [2.05, 4.69) is 15.4 Å². The van der Waals surface area contributed by atoms with Crippen LogP contribution in [0.15, 0.2) is 24.3 Å². The smallest absolute Gasteiger partial charge is 0.376 e. The van der Waals surface area contributed by atoms with Gasteiger partial charge in [-0.25, -0.2) is 4.79 Å². The topological polar surface area (TPSA) is 59.6 Å². The van der Waals surface area contributed by atoms with Crippen molar-refractivity contribution in [3.63, 3.8) is 0 Å². The molecule has 1 fully saturated rings. The van der Waals surface area contributed by atoms with Gasteiger partial charge >= 0.3 is 12.2 Å². The fourth-order valence-corrected chi connectivity index (χ4v) is 2.28. The summed E-state index contributed by atoms with van der Waals surface area (Å²) in [6, 6.07) is 6.08. The van der Waals surface area contributed by atoms with E-state index in [1.54, 1.807) is 24.3 Å². The van der Waals surface area contributed by atoms with Crippen LogP contribution in [0.5, 0.6) is 0 Å². The highest BCUT2D eigenvalue weighted by Gasteiger charge is 2.27. The number of amides is 2. The molecule has 1 aliphatic rings. The van der Waals surface area contributed by atoms with E-state index >= 15 is 0 Å². The summed E-state index contributed by atoms with van der Waals surface area (Å²) in [7, 11) is 0. The van der Waals surface area contributed by atoms with E-state index in [4.69, 9.17) is 4.74 Å². The lowest BCUT2D eigenvalue weighted by Crippen LogP contribution is -2.41. The average Bonchev–Trinajstić information content (AvgIpc) is 2.83. The minimum absolute atomic E-state index is 0.0390. The quantitative estimate of drug-likeness (QED) is 0.871. The Morgan fingerprint density at radius 2 is 2.22 bits per heavy atom. The third-order valence-electron chi connectivity index (χ3n) is 3.41. The van der Waals surface area contributed by atoms with E-state index in [1.807, 2.05) is 6.92 Å². The zero-order chi connectivity index (χ0) is 16.9. The van der Waals surface area contributed by atoms with Gasteiger partial charge in [-0.05, 0) is 31.0 Å². The van der Waals surface area contributed by atoms with Crippen molar-refractivity contribution in [3.05, 3.63) is 29.8 Å². The van der Waals surface area contributed by atoms with Gasteiger partial charge in [-0.15, -0.1) is 0 Å². The Bertz CT molecular complexity index is 537. The third-order valence-corrected chi connectivity index (χ3v) is 3.41. The number of ether oxygens (including phenoxy) is 2. The van der Waals surface area contributed by atoms with Crippen LogP contribution >= 0.6 is 0 Å². The van der Waals surface area contributed by atoms with Gasteiger partial charge in [-0.1, -0.05) is 12.1 Å². The maximum atomic E-state index is 12.0. The Labute approximate surface area is 132 Å². The summed E-state index contributed by atoms with van der Waals surface area (Å²) in [6.45, 7) is 1.02. The van der Waals surface area contributed by atoms with Crippen molar-refractivity contribution in [2.24, 2.45) is 0 Å². The number of hydrogen-bond acceptors (Lipinski definition) is 3. The first-order valence-corrected chi connectivity index (χ1v) is 7.26. The van der Waals surface area contributed by atoms with Crippen molar-refractivity contribution in [2.75, 3.05) is 18.5 Å². The molecule has 0 unspecified atom stereocenters. The lowest BCUT2D eigenvalue weighted by molar-refractivity contribution is -0.176. The Hall–Kier alpha value is -1.80. The maximum Gasteiger partial charge on any atom is 0.411 e. The molecule has 1 aromatic rings. The Kier molecular flexibility index (Phi) is 5.84. The fraction of sp³-hybridized carbons (Fsp3) is 0.533. The first-order chi connectivity index (χ1) is 10.8. The molecular formula is C15H19F3N2O3. The van der Waals surface area contributed by atoms with Gasteiger partial charge in [0.2, 0.25) is 0 Å². The van der Waals surface area contributed by atoms with Crippen molar-refractivity contribution in [2.45, 2.75) is 38.3 Å². The van der Waals surface area contributed by atoms with E-state index < -0.39 is 12.8 Å². The molecule has 8 heteroatoms. The number of halogens is 3. The van der Waals surface area contributed by atoms with Gasteiger partial charge in [-0.3, -0.25) is 0 Å². The van der Waals surface area contributed by atoms with Crippen molar-refractivity contribution in [1.29, 1.82) is 0 Å². The van der Waals surface area contributed by atoms with Gasteiger partial charge in [0.15, 0.2) is 0 Å². The first kappa shape index (κ1) is 17.6. The van der Waals surface area contributed by atoms with Gasteiger partial charge in [0.1, 0.15) is 6.61 Å². The molecule has 128 valence electrons. The Morgan fingerprint density at radius 1 is 1.43 bits per heavy atom. The van der Waals surface area contributed by atoms with Crippen LogP contribution in [-0.2, 0) is 16.1 Å². The van der Waals surface area contributed by atoms with Crippen LogP contribution in [0.1, 0.15) is 18.9 Å². The number of nitrogens with one attached hydrogen (secondary N) is 2. The highest BCUT2D eigenvalue weighted by atomic mass is 19.4. The zero-order valence-corrected chi connectivity index (χ0v) is 12.7. The van der Waals surface area contributed by atoms with Gasteiger partial charge in [0.05, 0.1) is 18.8 Å². The van der Waals surface area contributed by atoms with Crippen molar-refractivity contribution in [1.82, 2.24) is 5.32 Å². The molecule has 0 bridgehead atoms. The fourth-order valence-electron chi connectivity index (χ4n) is 2.28. The van der Waals surface area contributed by atoms with Crippen molar-refractivity contribution < 1.29 is 27.4 Å². The SMILES string of the molecule is C[C@@H]1OCC[C@@H]1NC(=O)Nc1cccc(COCC(F)(F)F)c1. The number of anilines is 1. The molecule has 0 spiro atoms. The number of carbonyl (C=O) groups is 1. The molecule has 0 aromatic heterocycles. The predicted molar refractivity (Wildman–Crippen MR) is 78.1 cm³/mol. The molecule has 5 nitrogen and oxygen atoms in total. The molecule has 0 radical (unpaired) electrons. The summed E-state index contributed by atoms with van der Waals surface area (Å²) >= 11 is 0. The second kappa shape index (κ2) is 7.65. The largest absolute Gasteiger partial charge is 0.411 e. The summed E-state index contributed by atoms with van der Waals surface area (Å²) in [5.41, 5.74) is 1.03. The van der Waals surface area contributed by atoms with Gasteiger partial charge in [0.25, 0.3) is 0 Å². The monoisotopic (exact) mass is 332 g/mol. The minimum atomic E-state index is -4.35. The summed E-state index contributed by atoms with van der Waals surface area (Å²) in [5, 5.41) is 5.46. The van der Waals surface area contributed by atoms with E-state index in [-0.39, 0.29) is 24.8 Å². The summed E-state index contributed by atoms with van der Waals surface area (Å²) < 4.78 is 46.1. The molecule has 0 saturated carbocycles. The molecule has 23 heavy (non-hydrogen) atoms. The van der Waals surface area contributed by atoms with Crippen LogP contribution in [0.2, 0.25) is 0 Å². The second-order valence-corrected chi connectivity index (χ2v) is 5.38. The normalized spacial score (nSPS) is 21.2. The maximum absolute atomic E-state index is 12.0. The van der Waals surface area contributed by atoms with Gasteiger partial charge in [0, 0.05) is 12.3 Å². The molecule has 2 amide bonds. The minimum Gasteiger partial charge on any atom is -0.376 e. The summed E-state index contributed by atoms with van der Waals surface area (Å²) in [4.78, 5) is 11.9.